The zero-order valence-corrected chi connectivity index (χ0v) is 17.8. The Morgan fingerprint density at radius 1 is 1.22 bits per heavy atom. The van der Waals surface area contributed by atoms with Crippen LogP contribution in [-0.4, -0.2) is 29.0 Å². The fraction of sp³-hybridized carbons (Fsp3) is 0.217. The normalized spacial score (nSPS) is 15.8. The number of nitrogen functional groups attached to an aromatic ring is 1. The Morgan fingerprint density at radius 2 is 2.00 bits per heavy atom. The summed E-state index contributed by atoms with van der Waals surface area (Å²) in [4.78, 5) is 23.3. The maximum atomic E-state index is 14.1. The van der Waals surface area contributed by atoms with Crippen LogP contribution in [0.5, 0.6) is 0 Å². The summed E-state index contributed by atoms with van der Waals surface area (Å²) in [6, 6.07) is 14.8. The van der Waals surface area contributed by atoms with E-state index in [9.17, 15) is 9.18 Å². The van der Waals surface area contributed by atoms with Crippen LogP contribution in [0.25, 0.3) is 11.3 Å². The quantitative estimate of drug-likeness (QED) is 0.615. The van der Waals surface area contributed by atoms with Crippen LogP contribution < -0.4 is 16.0 Å². The average Bonchev–Trinajstić information content (AvgIpc) is 2.80. The Morgan fingerprint density at radius 3 is 2.72 bits per heavy atom. The van der Waals surface area contributed by atoms with Gasteiger partial charge in [0.25, 0.3) is 0 Å². The van der Waals surface area contributed by atoms with Crippen LogP contribution in [0.1, 0.15) is 18.4 Å². The molecule has 1 fully saturated rings. The van der Waals surface area contributed by atoms with Gasteiger partial charge < -0.3 is 16.0 Å². The number of hydrogen-bond donors (Lipinski definition) is 2. The van der Waals surface area contributed by atoms with Gasteiger partial charge in [-0.1, -0.05) is 17.7 Å². The highest BCUT2D eigenvalue weighted by Gasteiger charge is 2.27. The zero-order valence-electron chi connectivity index (χ0n) is 17.1. The van der Waals surface area contributed by atoms with E-state index in [0.29, 0.717) is 40.9 Å². The van der Waals surface area contributed by atoms with Crippen molar-refractivity contribution < 1.29 is 9.18 Å². The van der Waals surface area contributed by atoms with E-state index in [-0.39, 0.29) is 23.3 Å². The average molecular weight is 451 g/mol. The highest BCUT2D eigenvalue weighted by molar-refractivity contribution is 6.30. The van der Waals surface area contributed by atoms with Gasteiger partial charge >= 0.3 is 0 Å². The van der Waals surface area contributed by atoms with Gasteiger partial charge in [-0.05, 0) is 49.2 Å². The molecule has 1 aliphatic rings. The number of halogens is 2. The van der Waals surface area contributed by atoms with E-state index in [1.807, 2.05) is 4.90 Å². The lowest BCUT2D eigenvalue weighted by molar-refractivity contribution is -0.120. The third kappa shape index (κ3) is 4.79. The van der Waals surface area contributed by atoms with Crippen molar-refractivity contribution in [2.45, 2.75) is 12.8 Å². The summed E-state index contributed by atoms with van der Waals surface area (Å²) < 4.78 is 14.1. The molecule has 1 amide bonds. The van der Waals surface area contributed by atoms with Gasteiger partial charge in [0.2, 0.25) is 11.9 Å². The number of carbonyl (C=O) groups excluding carboxylic acids is 1. The molecule has 0 radical (unpaired) electrons. The lowest BCUT2D eigenvalue weighted by Gasteiger charge is -2.33. The second-order valence-electron chi connectivity index (χ2n) is 7.56. The summed E-state index contributed by atoms with van der Waals surface area (Å²) in [6.07, 6.45) is 1.56. The molecule has 0 aliphatic carbocycles. The first-order chi connectivity index (χ1) is 15.4. The van der Waals surface area contributed by atoms with E-state index in [2.05, 4.69) is 15.3 Å². The number of piperidine rings is 1. The molecule has 9 heteroatoms. The van der Waals surface area contributed by atoms with Crippen molar-refractivity contribution in [2.75, 3.05) is 29.0 Å². The van der Waals surface area contributed by atoms with Crippen molar-refractivity contribution in [3.8, 4) is 17.3 Å². The molecule has 1 unspecified atom stereocenters. The Balaban J connectivity index is 1.53. The van der Waals surface area contributed by atoms with E-state index in [4.69, 9.17) is 22.6 Å². The first kappa shape index (κ1) is 21.5. The van der Waals surface area contributed by atoms with Crippen molar-refractivity contribution in [1.82, 2.24) is 9.97 Å². The number of aromatic nitrogens is 2. The van der Waals surface area contributed by atoms with E-state index >= 15 is 0 Å². The van der Waals surface area contributed by atoms with Gasteiger partial charge in [-0.3, -0.25) is 4.79 Å². The van der Waals surface area contributed by atoms with Crippen molar-refractivity contribution in [3.05, 3.63) is 64.9 Å². The first-order valence-electron chi connectivity index (χ1n) is 10.1. The van der Waals surface area contributed by atoms with Crippen LogP contribution in [0.4, 0.5) is 21.8 Å². The van der Waals surface area contributed by atoms with Crippen LogP contribution in [0.2, 0.25) is 5.02 Å². The topological polar surface area (TPSA) is 108 Å². The van der Waals surface area contributed by atoms with E-state index in [1.165, 1.54) is 12.1 Å². The molecule has 0 spiro atoms. The predicted molar refractivity (Wildman–Crippen MR) is 122 cm³/mol. The largest absolute Gasteiger partial charge is 0.368 e. The number of anilines is 3. The van der Waals surface area contributed by atoms with Crippen LogP contribution in [0.15, 0.2) is 48.5 Å². The fourth-order valence-corrected chi connectivity index (χ4v) is 3.83. The van der Waals surface area contributed by atoms with Crippen molar-refractivity contribution in [3.63, 3.8) is 0 Å². The van der Waals surface area contributed by atoms with Gasteiger partial charge in [-0.15, -0.1) is 0 Å². The second-order valence-corrected chi connectivity index (χ2v) is 7.99. The number of rotatable bonds is 4. The van der Waals surface area contributed by atoms with Gasteiger partial charge in [-0.2, -0.15) is 10.2 Å². The third-order valence-corrected chi connectivity index (χ3v) is 5.60. The van der Waals surface area contributed by atoms with Crippen molar-refractivity contribution >= 4 is 35.0 Å². The van der Waals surface area contributed by atoms with Gasteiger partial charge in [0.15, 0.2) is 0 Å². The van der Waals surface area contributed by atoms with Crippen LogP contribution >= 0.6 is 11.6 Å². The Hall–Kier alpha value is -3.70. The number of benzene rings is 2. The van der Waals surface area contributed by atoms with Gasteiger partial charge in [-0.25, -0.2) is 9.37 Å². The maximum absolute atomic E-state index is 14.1. The van der Waals surface area contributed by atoms with Crippen molar-refractivity contribution in [1.29, 1.82) is 5.26 Å². The SMILES string of the molecule is N#Cc1ccc(-c2cc(N3CCCC(C(=O)Nc4ccc(Cl)cc4)C3)nc(N)n2)cc1F. The molecule has 0 saturated carbocycles. The smallest absolute Gasteiger partial charge is 0.229 e. The highest BCUT2D eigenvalue weighted by Crippen LogP contribution is 2.28. The summed E-state index contributed by atoms with van der Waals surface area (Å²) in [6.45, 7) is 1.18. The molecule has 1 aromatic heterocycles. The van der Waals surface area contributed by atoms with E-state index < -0.39 is 5.82 Å². The minimum Gasteiger partial charge on any atom is -0.368 e. The summed E-state index contributed by atoms with van der Waals surface area (Å²) in [7, 11) is 0. The lowest BCUT2D eigenvalue weighted by Crippen LogP contribution is -2.41. The molecular formula is C23H20ClFN6O. The Kier molecular flexibility index (Phi) is 6.19. The monoisotopic (exact) mass is 450 g/mol. The Labute approximate surface area is 189 Å². The van der Waals surface area contributed by atoms with Crippen LogP contribution in [0.3, 0.4) is 0 Å². The summed E-state index contributed by atoms with van der Waals surface area (Å²) in [5.41, 5.74) is 7.51. The molecule has 3 N–H and O–H groups in total. The molecular weight excluding hydrogens is 431 g/mol. The number of hydrogen-bond acceptors (Lipinski definition) is 6. The molecule has 3 aromatic rings. The predicted octanol–water partition coefficient (Wildman–Crippen LogP) is 4.25. The number of amides is 1. The number of nitrogens with two attached hydrogens (primary N) is 1. The summed E-state index contributed by atoms with van der Waals surface area (Å²) in [5.74, 6) is -0.309. The molecule has 1 saturated heterocycles. The molecule has 162 valence electrons. The number of nitrogens with one attached hydrogen (secondary N) is 1. The minimum atomic E-state index is -0.624. The van der Waals surface area contributed by atoms with Crippen LogP contribution in [-0.2, 0) is 4.79 Å². The lowest BCUT2D eigenvalue weighted by atomic mass is 9.97. The first-order valence-corrected chi connectivity index (χ1v) is 10.5. The van der Waals surface area contributed by atoms with E-state index in [1.54, 1.807) is 42.5 Å². The number of carbonyl (C=O) groups is 1. The molecule has 0 bridgehead atoms. The maximum Gasteiger partial charge on any atom is 0.229 e. The highest BCUT2D eigenvalue weighted by atomic mass is 35.5. The molecule has 1 atom stereocenters. The molecule has 4 rings (SSSR count). The second kappa shape index (κ2) is 9.20. The van der Waals surface area contributed by atoms with Crippen LogP contribution in [0, 0.1) is 23.1 Å². The molecule has 7 nitrogen and oxygen atoms in total. The number of nitrogens with zero attached hydrogens (tertiary/aromatic N) is 4. The molecule has 32 heavy (non-hydrogen) atoms. The van der Waals surface area contributed by atoms with E-state index in [0.717, 1.165) is 12.8 Å². The van der Waals surface area contributed by atoms with Crippen molar-refractivity contribution in [2.24, 2.45) is 5.92 Å². The molecule has 1 aliphatic heterocycles. The Bertz CT molecular complexity index is 1190. The third-order valence-electron chi connectivity index (χ3n) is 5.34. The van der Waals surface area contributed by atoms with Gasteiger partial charge in [0.05, 0.1) is 17.2 Å². The molecule has 2 aromatic carbocycles. The summed E-state index contributed by atoms with van der Waals surface area (Å²) in [5, 5.41) is 12.5. The molecule has 2 heterocycles. The van der Waals surface area contributed by atoms with Gasteiger partial charge in [0, 0.05) is 35.4 Å². The van der Waals surface area contributed by atoms with Gasteiger partial charge in [0.1, 0.15) is 17.7 Å². The standard InChI is InChI=1S/C23H20ClFN6O/c24-17-5-7-18(8-6-17)28-22(32)16-2-1-9-31(13-16)21-11-20(29-23(27)30-21)14-3-4-15(12-26)19(25)10-14/h3-8,10-11,16H,1-2,9,13H2,(H,28,32)(H2,27,29,30). The summed E-state index contributed by atoms with van der Waals surface area (Å²) >= 11 is 5.90. The fourth-order valence-electron chi connectivity index (χ4n) is 3.70. The number of nitriles is 1. The zero-order chi connectivity index (χ0) is 22.7. The minimum absolute atomic E-state index is 0.0402.